The lowest BCUT2D eigenvalue weighted by atomic mass is 9.74. The Morgan fingerprint density at radius 2 is 1.65 bits per heavy atom. The summed E-state index contributed by atoms with van der Waals surface area (Å²) in [5.74, 6) is 0.217. The summed E-state index contributed by atoms with van der Waals surface area (Å²) in [7, 11) is 0. The third-order valence-electron chi connectivity index (χ3n) is 5.49. The van der Waals surface area contributed by atoms with Gasteiger partial charge in [-0.3, -0.25) is 9.69 Å². The van der Waals surface area contributed by atoms with Crippen LogP contribution < -0.4 is 5.73 Å². The van der Waals surface area contributed by atoms with Crippen LogP contribution in [0.2, 0.25) is 0 Å². The Hall–Kier alpha value is -0.610. The first-order chi connectivity index (χ1) is 9.23. The Morgan fingerprint density at radius 1 is 1.05 bits per heavy atom. The summed E-state index contributed by atoms with van der Waals surface area (Å²) in [4.78, 5) is 17.5. The molecule has 20 heavy (non-hydrogen) atoms. The van der Waals surface area contributed by atoms with Crippen LogP contribution in [0.4, 0.5) is 0 Å². The summed E-state index contributed by atoms with van der Waals surface area (Å²) in [5.41, 5.74) is 5.21. The molecule has 2 aliphatic rings. The summed E-state index contributed by atoms with van der Waals surface area (Å²) >= 11 is 0. The van der Waals surface area contributed by atoms with Crippen molar-refractivity contribution in [3.8, 4) is 0 Å². The highest BCUT2D eigenvalue weighted by Gasteiger charge is 2.44. The van der Waals surface area contributed by atoms with E-state index in [0.29, 0.717) is 6.04 Å². The van der Waals surface area contributed by atoms with Gasteiger partial charge in [0.2, 0.25) is 5.91 Å². The van der Waals surface area contributed by atoms with Crippen molar-refractivity contribution >= 4 is 5.91 Å². The first-order valence-corrected chi connectivity index (χ1v) is 8.06. The second-order valence-corrected chi connectivity index (χ2v) is 7.64. The molecule has 0 bridgehead atoms. The topological polar surface area (TPSA) is 49.6 Å². The Bertz CT molecular complexity index is 353. The number of rotatable bonds is 3. The van der Waals surface area contributed by atoms with E-state index in [1.54, 1.807) is 0 Å². The van der Waals surface area contributed by atoms with Crippen molar-refractivity contribution in [3.05, 3.63) is 0 Å². The lowest BCUT2D eigenvalue weighted by Gasteiger charge is -2.44. The van der Waals surface area contributed by atoms with E-state index in [4.69, 9.17) is 5.73 Å². The van der Waals surface area contributed by atoms with E-state index in [9.17, 15) is 4.79 Å². The van der Waals surface area contributed by atoms with Crippen molar-refractivity contribution in [1.82, 2.24) is 9.80 Å². The Balaban J connectivity index is 2.03. The Morgan fingerprint density at radius 3 is 2.20 bits per heavy atom. The SMILES string of the molecule is CC(C)(N)C(C)(C)C(=O)N1CCCC(N2CCCC2)C1. The highest BCUT2D eigenvalue weighted by Crippen LogP contribution is 2.32. The fraction of sp³-hybridized carbons (Fsp3) is 0.938. The molecule has 0 aromatic carbocycles. The van der Waals surface area contributed by atoms with Crippen LogP contribution >= 0.6 is 0 Å². The minimum absolute atomic E-state index is 0.217. The van der Waals surface area contributed by atoms with Crippen molar-refractivity contribution in [2.24, 2.45) is 11.1 Å². The average Bonchev–Trinajstić information content (AvgIpc) is 2.90. The number of hydrogen-bond donors (Lipinski definition) is 1. The van der Waals surface area contributed by atoms with E-state index < -0.39 is 11.0 Å². The van der Waals surface area contributed by atoms with Gasteiger partial charge in [0.05, 0.1) is 5.41 Å². The van der Waals surface area contributed by atoms with Crippen molar-refractivity contribution < 1.29 is 4.79 Å². The Labute approximate surface area is 123 Å². The number of amides is 1. The molecule has 0 aromatic heterocycles. The van der Waals surface area contributed by atoms with Gasteiger partial charge in [-0.15, -0.1) is 0 Å². The predicted octanol–water partition coefficient (Wildman–Crippen LogP) is 1.84. The van der Waals surface area contributed by atoms with E-state index >= 15 is 0 Å². The minimum atomic E-state index is -0.514. The number of nitrogens with two attached hydrogens (primary N) is 1. The molecular weight excluding hydrogens is 250 g/mol. The molecule has 4 nitrogen and oxygen atoms in total. The van der Waals surface area contributed by atoms with Gasteiger partial charge in [-0.25, -0.2) is 0 Å². The zero-order valence-corrected chi connectivity index (χ0v) is 13.6. The molecule has 1 amide bonds. The molecular formula is C16H31N3O. The maximum atomic E-state index is 12.9. The van der Waals surface area contributed by atoms with E-state index in [1.165, 1.54) is 32.4 Å². The van der Waals surface area contributed by atoms with Gasteiger partial charge in [-0.2, -0.15) is 0 Å². The quantitative estimate of drug-likeness (QED) is 0.858. The molecule has 0 aliphatic carbocycles. The first kappa shape index (κ1) is 15.8. The van der Waals surface area contributed by atoms with Crippen LogP contribution in [-0.4, -0.2) is 53.5 Å². The van der Waals surface area contributed by atoms with Crippen LogP contribution in [-0.2, 0) is 4.79 Å². The van der Waals surface area contributed by atoms with Gasteiger partial charge in [0, 0.05) is 24.7 Å². The van der Waals surface area contributed by atoms with Gasteiger partial charge in [0.15, 0.2) is 0 Å². The zero-order valence-electron chi connectivity index (χ0n) is 13.6. The number of hydrogen-bond acceptors (Lipinski definition) is 3. The number of carbonyl (C=O) groups excluding carboxylic acids is 1. The third-order valence-corrected chi connectivity index (χ3v) is 5.49. The molecule has 0 radical (unpaired) electrons. The molecule has 1 atom stereocenters. The summed E-state index contributed by atoms with van der Waals surface area (Å²) in [6.07, 6.45) is 4.97. The second-order valence-electron chi connectivity index (χ2n) is 7.64. The largest absolute Gasteiger partial charge is 0.341 e. The molecule has 2 saturated heterocycles. The van der Waals surface area contributed by atoms with Gasteiger partial charge in [-0.05, 0) is 66.5 Å². The Kier molecular flexibility index (Phi) is 4.45. The van der Waals surface area contributed by atoms with Crippen LogP contribution in [0.15, 0.2) is 0 Å². The van der Waals surface area contributed by atoms with Gasteiger partial charge in [-0.1, -0.05) is 0 Å². The lowest BCUT2D eigenvalue weighted by molar-refractivity contribution is -0.145. The molecule has 2 rings (SSSR count). The van der Waals surface area contributed by atoms with Gasteiger partial charge < -0.3 is 10.6 Å². The van der Waals surface area contributed by atoms with E-state index in [0.717, 1.165) is 19.5 Å². The van der Waals surface area contributed by atoms with E-state index in [1.807, 2.05) is 27.7 Å². The second kappa shape index (κ2) is 5.64. The molecule has 0 aromatic rings. The maximum absolute atomic E-state index is 12.9. The normalized spacial score (nSPS) is 26.1. The summed E-state index contributed by atoms with van der Waals surface area (Å²) in [6, 6.07) is 0.562. The fourth-order valence-electron chi connectivity index (χ4n) is 3.21. The molecule has 4 heteroatoms. The van der Waals surface area contributed by atoms with Crippen LogP contribution in [0.5, 0.6) is 0 Å². The summed E-state index contributed by atoms with van der Waals surface area (Å²) < 4.78 is 0. The van der Waals surface area contributed by atoms with E-state index in [-0.39, 0.29) is 5.91 Å². The van der Waals surface area contributed by atoms with Gasteiger partial charge >= 0.3 is 0 Å². The molecule has 2 N–H and O–H groups in total. The highest BCUT2D eigenvalue weighted by atomic mass is 16.2. The number of carbonyl (C=O) groups is 1. The number of likely N-dealkylation sites (tertiary alicyclic amines) is 2. The fourth-order valence-corrected chi connectivity index (χ4v) is 3.21. The maximum Gasteiger partial charge on any atom is 0.230 e. The van der Waals surface area contributed by atoms with Crippen molar-refractivity contribution in [3.63, 3.8) is 0 Å². The first-order valence-electron chi connectivity index (χ1n) is 8.06. The molecule has 0 saturated carbocycles. The van der Waals surface area contributed by atoms with Crippen LogP contribution in [0.1, 0.15) is 53.4 Å². The van der Waals surface area contributed by atoms with E-state index in [2.05, 4.69) is 9.80 Å². The number of piperidine rings is 1. The molecule has 116 valence electrons. The van der Waals surface area contributed by atoms with Crippen molar-refractivity contribution in [1.29, 1.82) is 0 Å². The zero-order chi connectivity index (χ0) is 15.0. The van der Waals surface area contributed by atoms with Crippen molar-refractivity contribution in [2.45, 2.75) is 65.0 Å². The molecule has 1 unspecified atom stereocenters. The van der Waals surface area contributed by atoms with Gasteiger partial charge in [0.1, 0.15) is 0 Å². The van der Waals surface area contributed by atoms with Crippen LogP contribution in [0.25, 0.3) is 0 Å². The lowest BCUT2D eigenvalue weighted by Crippen LogP contribution is -2.59. The smallest absolute Gasteiger partial charge is 0.230 e. The monoisotopic (exact) mass is 281 g/mol. The molecule has 2 heterocycles. The predicted molar refractivity (Wildman–Crippen MR) is 82.5 cm³/mol. The van der Waals surface area contributed by atoms with Crippen molar-refractivity contribution in [2.75, 3.05) is 26.2 Å². The minimum Gasteiger partial charge on any atom is -0.341 e. The molecule has 2 fully saturated rings. The molecule has 2 aliphatic heterocycles. The van der Waals surface area contributed by atoms with Crippen LogP contribution in [0, 0.1) is 5.41 Å². The van der Waals surface area contributed by atoms with Gasteiger partial charge in [0.25, 0.3) is 0 Å². The summed E-state index contributed by atoms with van der Waals surface area (Å²) in [6.45, 7) is 12.1. The molecule has 0 spiro atoms. The summed E-state index contributed by atoms with van der Waals surface area (Å²) in [5, 5.41) is 0. The standard InChI is InChI=1S/C16H31N3O/c1-15(2,16(3,4)17)14(20)19-11-7-8-13(12-19)18-9-5-6-10-18/h13H,5-12,17H2,1-4H3. The average molecular weight is 281 g/mol. The number of nitrogens with zero attached hydrogens (tertiary/aromatic N) is 2. The van der Waals surface area contributed by atoms with Crippen LogP contribution in [0.3, 0.4) is 0 Å². The third kappa shape index (κ3) is 3.01. The highest BCUT2D eigenvalue weighted by molar-refractivity contribution is 5.83.